The van der Waals surface area contributed by atoms with Crippen LogP contribution in [-0.2, 0) is 11.2 Å². The van der Waals surface area contributed by atoms with Crippen molar-refractivity contribution >= 4 is 34.8 Å². The van der Waals surface area contributed by atoms with Crippen LogP contribution in [0.3, 0.4) is 0 Å². The van der Waals surface area contributed by atoms with E-state index < -0.39 is 0 Å². The lowest BCUT2D eigenvalue weighted by atomic mass is 9.93. The molecule has 0 aliphatic carbocycles. The maximum atomic E-state index is 13.3. The summed E-state index contributed by atoms with van der Waals surface area (Å²) < 4.78 is 13.2. The number of nitrogens with zero attached hydrogens (tertiary/aromatic N) is 3. The van der Waals surface area contributed by atoms with Gasteiger partial charge in [-0.05, 0) is 65.4 Å². The summed E-state index contributed by atoms with van der Waals surface area (Å²) in [6, 6.07) is 15.6. The number of halogens is 2. The zero-order chi connectivity index (χ0) is 23.7. The minimum absolute atomic E-state index is 0.0255. The quantitative estimate of drug-likeness (QED) is 0.534. The Kier molecular flexibility index (Phi) is 6.68. The Morgan fingerprint density at radius 2 is 1.59 bits per heavy atom. The highest BCUT2D eigenvalue weighted by Crippen LogP contribution is 2.38. The third-order valence-electron chi connectivity index (χ3n) is 6.60. The van der Waals surface area contributed by atoms with Crippen LogP contribution in [0.25, 0.3) is 0 Å². The number of amides is 2. The number of thiophene rings is 1. The molecular formula is C26H25ClFN3O2S. The van der Waals surface area contributed by atoms with Crippen LogP contribution < -0.4 is 0 Å². The predicted octanol–water partition coefficient (Wildman–Crippen LogP) is 4.47. The summed E-state index contributed by atoms with van der Waals surface area (Å²) in [6.45, 7) is 3.07. The summed E-state index contributed by atoms with van der Waals surface area (Å²) in [4.78, 5) is 33.1. The van der Waals surface area contributed by atoms with Crippen molar-refractivity contribution in [3.8, 4) is 0 Å². The molecule has 1 saturated heterocycles. The van der Waals surface area contributed by atoms with Crippen molar-refractivity contribution < 1.29 is 14.0 Å². The van der Waals surface area contributed by atoms with Gasteiger partial charge in [0.25, 0.3) is 5.91 Å². The molecule has 176 valence electrons. The van der Waals surface area contributed by atoms with Gasteiger partial charge in [0.2, 0.25) is 5.91 Å². The maximum Gasteiger partial charge on any atom is 0.253 e. The van der Waals surface area contributed by atoms with Gasteiger partial charge in [-0.1, -0.05) is 23.7 Å². The van der Waals surface area contributed by atoms with Crippen LogP contribution in [0.15, 0.2) is 60.0 Å². The number of rotatable bonds is 4. The molecule has 1 atom stereocenters. The second-order valence-corrected chi connectivity index (χ2v) is 10.1. The molecule has 3 heterocycles. The monoisotopic (exact) mass is 497 g/mol. The Morgan fingerprint density at radius 1 is 0.912 bits per heavy atom. The van der Waals surface area contributed by atoms with Gasteiger partial charge in [0.05, 0.1) is 12.6 Å². The van der Waals surface area contributed by atoms with E-state index in [-0.39, 0.29) is 23.7 Å². The zero-order valence-corrected chi connectivity index (χ0v) is 20.2. The number of benzene rings is 2. The van der Waals surface area contributed by atoms with Crippen molar-refractivity contribution in [3.05, 3.63) is 92.4 Å². The van der Waals surface area contributed by atoms with E-state index in [0.29, 0.717) is 43.3 Å². The second kappa shape index (κ2) is 9.86. The molecule has 0 N–H and O–H groups in total. The fourth-order valence-electron chi connectivity index (χ4n) is 4.78. The first kappa shape index (κ1) is 23.0. The molecule has 1 fully saturated rings. The molecule has 5 nitrogen and oxygen atoms in total. The van der Waals surface area contributed by atoms with Gasteiger partial charge >= 0.3 is 0 Å². The molecule has 2 aromatic carbocycles. The van der Waals surface area contributed by atoms with Crippen LogP contribution in [-0.4, -0.2) is 65.8 Å². The number of fused-ring (bicyclic) bond motifs is 1. The average Bonchev–Trinajstić information content (AvgIpc) is 3.34. The minimum atomic E-state index is -0.365. The Bertz CT molecular complexity index is 1170. The van der Waals surface area contributed by atoms with Gasteiger partial charge in [0.1, 0.15) is 5.82 Å². The highest BCUT2D eigenvalue weighted by atomic mass is 35.5. The summed E-state index contributed by atoms with van der Waals surface area (Å²) in [6.07, 6.45) is 0.935. The molecule has 0 bridgehead atoms. The van der Waals surface area contributed by atoms with Gasteiger partial charge in [-0.25, -0.2) is 4.39 Å². The number of hydrogen-bond donors (Lipinski definition) is 0. The molecule has 2 aliphatic heterocycles. The molecule has 0 saturated carbocycles. The van der Waals surface area contributed by atoms with Crippen LogP contribution in [0.2, 0.25) is 5.02 Å². The van der Waals surface area contributed by atoms with Crippen LogP contribution >= 0.6 is 22.9 Å². The van der Waals surface area contributed by atoms with Crippen molar-refractivity contribution in [3.63, 3.8) is 0 Å². The molecule has 34 heavy (non-hydrogen) atoms. The topological polar surface area (TPSA) is 43.9 Å². The van der Waals surface area contributed by atoms with Gasteiger partial charge < -0.3 is 9.80 Å². The third-order valence-corrected chi connectivity index (χ3v) is 7.85. The molecule has 8 heteroatoms. The Morgan fingerprint density at radius 3 is 2.29 bits per heavy atom. The van der Waals surface area contributed by atoms with E-state index in [2.05, 4.69) is 16.3 Å². The molecule has 5 rings (SSSR count). The highest BCUT2D eigenvalue weighted by Gasteiger charge is 2.33. The van der Waals surface area contributed by atoms with Gasteiger partial charge in [-0.3, -0.25) is 14.5 Å². The van der Waals surface area contributed by atoms with Crippen LogP contribution in [0.5, 0.6) is 0 Å². The van der Waals surface area contributed by atoms with E-state index in [0.717, 1.165) is 18.5 Å². The Balaban J connectivity index is 1.24. The van der Waals surface area contributed by atoms with E-state index in [1.165, 1.54) is 34.7 Å². The van der Waals surface area contributed by atoms with E-state index in [9.17, 15) is 14.0 Å². The lowest BCUT2D eigenvalue weighted by Gasteiger charge is -2.39. The van der Waals surface area contributed by atoms with E-state index in [1.807, 2.05) is 29.2 Å². The molecule has 2 aliphatic rings. The smallest absolute Gasteiger partial charge is 0.253 e. The summed E-state index contributed by atoms with van der Waals surface area (Å²) in [7, 11) is 0. The molecular weight excluding hydrogens is 473 g/mol. The van der Waals surface area contributed by atoms with Crippen molar-refractivity contribution in [2.24, 2.45) is 0 Å². The van der Waals surface area contributed by atoms with Crippen LogP contribution in [0, 0.1) is 5.82 Å². The summed E-state index contributed by atoms with van der Waals surface area (Å²) in [5.41, 5.74) is 2.86. The summed E-state index contributed by atoms with van der Waals surface area (Å²) in [5.74, 6) is -0.418. The van der Waals surface area contributed by atoms with Crippen molar-refractivity contribution in [1.29, 1.82) is 0 Å². The summed E-state index contributed by atoms with van der Waals surface area (Å²) >= 11 is 7.89. The lowest BCUT2D eigenvalue weighted by molar-refractivity contribution is -0.134. The average molecular weight is 498 g/mol. The Labute approximate surface area is 207 Å². The van der Waals surface area contributed by atoms with Crippen molar-refractivity contribution in [1.82, 2.24) is 14.7 Å². The zero-order valence-electron chi connectivity index (χ0n) is 18.6. The predicted molar refractivity (Wildman–Crippen MR) is 132 cm³/mol. The molecule has 2 amide bonds. The number of hydrogen-bond acceptors (Lipinski definition) is 4. The largest absolute Gasteiger partial charge is 0.338 e. The first-order valence-corrected chi connectivity index (χ1v) is 12.6. The van der Waals surface area contributed by atoms with E-state index in [4.69, 9.17) is 11.6 Å². The maximum absolute atomic E-state index is 13.3. The van der Waals surface area contributed by atoms with Crippen LogP contribution in [0.4, 0.5) is 4.39 Å². The minimum Gasteiger partial charge on any atom is -0.338 e. The van der Waals surface area contributed by atoms with Gasteiger partial charge in [-0.15, -0.1) is 11.3 Å². The normalized spacial score (nSPS) is 18.6. The Hall–Kier alpha value is -2.74. The molecule has 1 aromatic heterocycles. The fourth-order valence-corrected chi connectivity index (χ4v) is 5.81. The van der Waals surface area contributed by atoms with E-state index >= 15 is 0 Å². The first-order valence-electron chi connectivity index (χ1n) is 11.4. The molecule has 1 unspecified atom stereocenters. The lowest BCUT2D eigenvalue weighted by Crippen LogP contribution is -2.53. The van der Waals surface area contributed by atoms with Crippen molar-refractivity contribution in [2.45, 2.75) is 12.5 Å². The summed E-state index contributed by atoms with van der Waals surface area (Å²) in [5, 5.41) is 2.82. The molecule has 3 aromatic rings. The number of carbonyl (C=O) groups is 2. The van der Waals surface area contributed by atoms with Gasteiger partial charge in [0, 0.05) is 48.2 Å². The number of piperazine rings is 1. The number of carbonyl (C=O) groups excluding carboxylic acids is 2. The van der Waals surface area contributed by atoms with Gasteiger partial charge in [-0.2, -0.15) is 0 Å². The fraction of sp³-hybridized carbons (Fsp3) is 0.308. The highest BCUT2D eigenvalue weighted by molar-refractivity contribution is 7.10. The second-order valence-electron chi connectivity index (χ2n) is 8.65. The standard InChI is InChI=1S/C26H25ClFN3O2S/c27-20-5-1-18(2-6-20)25-22-10-16-34-23(22)9-11-31(25)17-24(32)29-12-14-30(15-13-29)26(33)19-3-7-21(28)8-4-19/h1-8,10,16,25H,9,11-15,17H2. The first-order chi connectivity index (χ1) is 16.5. The van der Waals surface area contributed by atoms with Gasteiger partial charge in [0.15, 0.2) is 0 Å². The van der Waals surface area contributed by atoms with Crippen LogP contribution in [0.1, 0.15) is 32.4 Å². The molecule has 0 spiro atoms. The third kappa shape index (κ3) is 4.73. The molecule has 0 radical (unpaired) electrons. The van der Waals surface area contributed by atoms with Crippen molar-refractivity contribution in [2.75, 3.05) is 39.3 Å². The van der Waals surface area contributed by atoms with E-state index in [1.54, 1.807) is 16.2 Å². The SMILES string of the molecule is O=C(CN1CCc2sccc2C1c1ccc(Cl)cc1)N1CCN(C(=O)c2ccc(F)cc2)CC1.